The molecule has 2 N–H and O–H groups in total. The number of rotatable bonds is 3. The predicted molar refractivity (Wildman–Crippen MR) is 62.6 cm³/mol. The minimum atomic E-state index is -0.598. The van der Waals surface area contributed by atoms with Crippen molar-refractivity contribution in [3.8, 4) is 0 Å². The third-order valence-electron chi connectivity index (χ3n) is 2.81. The highest BCUT2D eigenvalue weighted by molar-refractivity contribution is 5.87. The van der Waals surface area contributed by atoms with Crippen molar-refractivity contribution in [3.05, 3.63) is 42.0 Å². The first-order valence-corrected chi connectivity index (χ1v) is 5.40. The third kappa shape index (κ3) is 2.14. The maximum atomic E-state index is 11.2. The van der Waals surface area contributed by atoms with E-state index in [0.717, 1.165) is 5.56 Å². The lowest BCUT2D eigenvalue weighted by Gasteiger charge is -2.36. The molecule has 0 spiro atoms. The van der Waals surface area contributed by atoms with Gasteiger partial charge in [0.05, 0.1) is 18.1 Å². The van der Waals surface area contributed by atoms with E-state index in [-0.39, 0.29) is 17.9 Å². The standard InChI is InChI=1S/C13H15NO2/c1-9(15)12-11(14-13(12)16)8-7-10-5-3-2-4-6-10/h2-9,11-12,15H,1H3,(H,14,16)/b8-7+/t9-,11-,12+/m0/s1. The summed E-state index contributed by atoms with van der Waals surface area (Å²) in [5, 5.41) is 12.2. The quantitative estimate of drug-likeness (QED) is 0.747. The lowest BCUT2D eigenvalue weighted by Crippen LogP contribution is -2.60. The van der Waals surface area contributed by atoms with Gasteiger partial charge in [-0.3, -0.25) is 4.79 Å². The summed E-state index contributed by atoms with van der Waals surface area (Å²) in [4.78, 5) is 11.2. The molecule has 3 heteroatoms. The molecule has 1 aliphatic heterocycles. The predicted octanol–water partition coefficient (Wildman–Crippen LogP) is 1.20. The van der Waals surface area contributed by atoms with E-state index in [1.54, 1.807) is 6.92 Å². The number of hydrogen-bond donors (Lipinski definition) is 2. The van der Waals surface area contributed by atoms with E-state index in [4.69, 9.17) is 0 Å². The van der Waals surface area contributed by atoms with Gasteiger partial charge in [-0.1, -0.05) is 42.5 Å². The van der Waals surface area contributed by atoms with Gasteiger partial charge in [-0.15, -0.1) is 0 Å². The maximum Gasteiger partial charge on any atom is 0.228 e. The Balaban J connectivity index is 2.01. The molecule has 3 atom stereocenters. The van der Waals surface area contributed by atoms with Gasteiger partial charge in [-0.05, 0) is 12.5 Å². The van der Waals surface area contributed by atoms with Gasteiger partial charge < -0.3 is 10.4 Å². The molecule has 1 aromatic rings. The van der Waals surface area contributed by atoms with E-state index >= 15 is 0 Å². The van der Waals surface area contributed by atoms with Crippen LogP contribution in [0.25, 0.3) is 6.08 Å². The highest BCUT2D eigenvalue weighted by atomic mass is 16.3. The van der Waals surface area contributed by atoms with Crippen LogP contribution in [0.15, 0.2) is 36.4 Å². The molecule has 1 aromatic carbocycles. The van der Waals surface area contributed by atoms with Gasteiger partial charge in [0.15, 0.2) is 0 Å². The molecule has 0 unspecified atom stereocenters. The highest BCUT2D eigenvalue weighted by Crippen LogP contribution is 2.21. The first-order valence-electron chi connectivity index (χ1n) is 5.40. The largest absolute Gasteiger partial charge is 0.392 e. The number of amides is 1. The molecule has 1 heterocycles. The smallest absolute Gasteiger partial charge is 0.228 e. The first-order chi connectivity index (χ1) is 7.68. The molecule has 3 nitrogen and oxygen atoms in total. The van der Waals surface area contributed by atoms with Crippen molar-refractivity contribution < 1.29 is 9.90 Å². The molecule has 1 saturated heterocycles. The molecule has 84 valence electrons. The monoisotopic (exact) mass is 217 g/mol. The maximum absolute atomic E-state index is 11.2. The van der Waals surface area contributed by atoms with Crippen LogP contribution in [0.1, 0.15) is 12.5 Å². The van der Waals surface area contributed by atoms with Crippen LogP contribution < -0.4 is 5.32 Å². The minimum absolute atomic E-state index is 0.0484. The highest BCUT2D eigenvalue weighted by Gasteiger charge is 2.40. The summed E-state index contributed by atoms with van der Waals surface area (Å²) < 4.78 is 0. The van der Waals surface area contributed by atoms with Crippen LogP contribution >= 0.6 is 0 Å². The van der Waals surface area contributed by atoms with E-state index in [1.165, 1.54) is 0 Å². The fourth-order valence-electron chi connectivity index (χ4n) is 1.88. The summed E-state index contributed by atoms with van der Waals surface area (Å²) in [6.45, 7) is 1.65. The Hall–Kier alpha value is -1.61. The number of aliphatic hydroxyl groups excluding tert-OH is 1. The fraction of sp³-hybridized carbons (Fsp3) is 0.308. The Labute approximate surface area is 94.8 Å². The molecule has 0 radical (unpaired) electrons. The number of β-lactam (4-membered cyclic amide) rings is 1. The zero-order valence-electron chi connectivity index (χ0n) is 9.13. The SMILES string of the molecule is C[C@H](O)[C@H]1C(=O)N[C@H]1/C=C/c1ccccc1. The Morgan fingerprint density at radius 1 is 1.38 bits per heavy atom. The molecule has 2 rings (SSSR count). The Kier molecular flexibility index (Phi) is 3.06. The fourth-order valence-corrected chi connectivity index (χ4v) is 1.88. The zero-order chi connectivity index (χ0) is 11.5. The van der Waals surface area contributed by atoms with Gasteiger partial charge >= 0.3 is 0 Å². The molecule has 1 amide bonds. The number of hydrogen-bond acceptors (Lipinski definition) is 2. The first kappa shape index (κ1) is 10.9. The average Bonchev–Trinajstić information content (AvgIpc) is 2.24. The van der Waals surface area contributed by atoms with Crippen LogP contribution in [0.5, 0.6) is 0 Å². The van der Waals surface area contributed by atoms with Crippen LogP contribution in [0.3, 0.4) is 0 Å². The second-order valence-corrected chi connectivity index (χ2v) is 4.07. The molecule has 16 heavy (non-hydrogen) atoms. The molecule has 1 fully saturated rings. The van der Waals surface area contributed by atoms with E-state index in [0.29, 0.717) is 0 Å². The van der Waals surface area contributed by atoms with E-state index in [1.807, 2.05) is 42.5 Å². The lowest BCUT2D eigenvalue weighted by molar-refractivity contribution is -0.138. The topological polar surface area (TPSA) is 49.3 Å². The van der Waals surface area contributed by atoms with E-state index in [9.17, 15) is 9.90 Å². The summed E-state index contributed by atoms with van der Waals surface area (Å²) >= 11 is 0. The Bertz CT molecular complexity index is 398. The molecule has 0 aliphatic carbocycles. The summed E-state index contributed by atoms with van der Waals surface area (Å²) in [7, 11) is 0. The van der Waals surface area contributed by atoms with Gasteiger partial charge in [0.25, 0.3) is 0 Å². The Morgan fingerprint density at radius 2 is 2.06 bits per heavy atom. The summed E-state index contributed by atoms with van der Waals surface area (Å²) in [6, 6.07) is 9.83. The Morgan fingerprint density at radius 3 is 2.62 bits per heavy atom. The average molecular weight is 217 g/mol. The number of aliphatic hydroxyl groups is 1. The van der Waals surface area contributed by atoms with Crippen molar-refractivity contribution in [3.63, 3.8) is 0 Å². The van der Waals surface area contributed by atoms with Crippen LogP contribution in [0.2, 0.25) is 0 Å². The van der Waals surface area contributed by atoms with Crippen LogP contribution in [0.4, 0.5) is 0 Å². The number of benzene rings is 1. The van der Waals surface area contributed by atoms with Crippen molar-refractivity contribution in [2.45, 2.75) is 19.1 Å². The van der Waals surface area contributed by atoms with Gasteiger partial charge in [0.2, 0.25) is 5.91 Å². The van der Waals surface area contributed by atoms with Crippen molar-refractivity contribution in [1.29, 1.82) is 0 Å². The van der Waals surface area contributed by atoms with Crippen molar-refractivity contribution >= 4 is 12.0 Å². The summed E-state index contributed by atoms with van der Waals surface area (Å²) in [5.74, 6) is -0.377. The van der Waals surface area contributed by atoms with Gasteiger partial charge in [0.1, 0.15) is 0 Å². The van der Waals surface area contributed by atoms with Crippen molar-refractivity contribution in [2.24, 2.45) is 5.92 Å². The lowest BCUT2D eigenvalue weighted by atomic mass is 9.85. The second kappa shape index (κ2) is 4.49. The van der Waals surface area contributed by atoms with Crippen LogP contribution in [0, 0.1) is 5.92 Å². The number of carbonyl (C=O) groups excluding carboxylic acids is 1. The van der Waals surface area contributed by atoms with Crippen molar-refractivity contribution in [1.82, 2.24) is 5.32 Å². The molecule has 0 saturated carbocycles. The molecular weight excluding hydrogens is 202 g/mol. The minimum Gasteiger partial charge on any atom is -0.392 e. The van der Waals surface area contributed by atoms with Crippen LogP contribution in [-0.4, -0.2) is 23.2 Å². The second-order valence-electron chi connectivity index (χ2n) is 4.07. The summed E-state index contributed by atoms with van der Waals surface area (Å²) in [5.41, 5.74) is 1.09. The van der Waals surface area contributed by atoms with E-state index < -0.39 is 6.10 Å². The molecule has 0 bridgehead atoms. The number of nitrogens with one attached hydrogen (secondary N) is 1. The van der Waals surface area contributed by atoms with E-state index in [2.05, 4.69) is 5.32 Å². The third-order valence-corrected chi connectivity index (χ3v) is 2.81. The summed E-state index contributed by atoms with van der Waals surface area (Å²) in [6.07, 6.45) is 3.28. The number of carbonyl (C=O) groups is 1. The molecule has 1 aliphatic rings. The van der Waals surface area contributed by atoms with Crippen LogP contribution in [-0.2, 0) is 4.79 Å². The normalized spacial score (nSPS) is 26.2. The van der Waals surface area contributed by atoms with Gasteiger partial charge in [0, 0.05) is 0 Å². The zero-order valence-corrected chi connectivity index (χ0v) is 9.13. The molecule has 0 aromatic heterocycles. The van der Waals surface area contributed by atoms with Crippen molar-refractivity contribution in [2.75, 3.05) is 0 Å². The van der Waals surface area contributed by atoms with Gasteiger partial charge in [-0.25, -0.2) is 0 Å². The molecular formula is C13H15NO2. The van der Waals surface area contributed by atoms with Gasteiger partial charge in [-0.2, -0.15) is 0 Å².